The number of methoxy groups -OCH3 is 1. The summed E-state index contributed by atoms with van der Waals surface area (Å²) in [6, 6.07) is 15.6. The van der Waals surface area contributed by atoms with Gasteiger partial charge in [0.15, 0.2) is 11.5 Å². The number of halogens is 2. The summed E-state index contributed by atoms with van der Waals surface area (Å²) in [5, 5.41) is 10.9. The summed E-state index contributed by atoms with van der Waals surface area (Å²) in [5.74, 6) is -0.320. The van der Waals surface area contributed by atoms with Gasteiger partial charge in [0.1, 0.15) is 6.61 Å². The lowest BCUT2D eigenvalue weighted by molar-refractivity contribution is -0.116. The minimum Gasteiger partial charge on any atom is -0.493 e. The van der Waals surface area contributed by atoms with E-state index in [2.05, 4.69) is 0 Å². The van der Waals surface area contributed by atoms with Crippen molar-refractivity contribution in [3.05, 3.63) is 81.3 Å². The van der Waals surface area contributed by atoms with Crippen LogP contribution in [0, 0.1) is 0 Å². The lowest BCUT2D eigenvalue weighted by Gasteiger charge is -2.31. The largest absolute Gasteiger partial charge is 0.493 e. The van der Waals surface area contributed by atoms with E-state index in [0.29, 0.717) is 64.8 Å². The number of carboxylic acids is 1. The van der Waals surface area contributed by atoms with E-state index in [-0.39, 0.29) is 24.6 Å². The van der Waals surface area contributed by atoms with E-state index in [1.807, 2.05) is 11.0 Å². The van der Waals surface area contributed by atoms with Crippen LogP contribution in [0.1, 0.15) is 28.4 Å². The Balaban J connectivity index is 1.56. The number of carbonyl (C=O) groups excluding carboxylic acids is 1. The molecule has 0 radical (unpaired) electrons. The van der Waals surface area contributed by atoms with Crippen LogP contribution in [0.5, 0.6) is 11.5 Å². The maximum atomic E-state index is 12.6. The Labute approximate surface area is 231 Å². The standard InChI is InChI=1S/C28H28Cl2N2O6/c1-18(33)32(20-7-8-25(21(15-20)28(34)35)31-10-12-37-13-11-31)16-19-6-9-26(27(14-19)36-2)38-17-22-23(29)4-3-5-24(22)30/h3-9,14-15H,10-13,16-17H2,1-2H3,(H,34,35). The second kappa shape index (κ2) is 12.4. The molecule has 1 heterocycles. The van der Waals surface area contributed by atoms with Crippen molar-refractivity contribution >= 4 is 46.5 Å². The molecule has 4 rings (SSSR count). The highest BCUT2D eigenvalue weighted by molar-refractivity contribution is 6.35. The number of hydrogen-bond donors (Lipinski definition) is 1. The predicted octanol–water partition coefficient (Wildman–Crippen LogP) is 5.67. The Morgan fingerprint density at radius 1 is 1.03 bits per heavy atom. The molecule has 1 N–H and O–H groups in total. The first kappa shape index (κ1) is 27.6. The number of rotatable bonds is 9. The van der Waals surface area contributed by atoms with Gasteiger partial charge in [0.05, 0.1) is 38.1 Å². The molecule has 1 fully saturated rings. The summed E-state index contributed by atoms with van der Waals surface area (Å²) in [6.45, 7) is 4.08. The molecular formula is C28H28Cl2N2O6. The molecule has 0 spiro atoms. The van der Waals surface area contributed by atoms with Crippen molar-refractivity contribution in [3.8, 4) is 11.5 Å². The van der Waals surface area contributed by atoms with Crippen molar-refractivity contribution in [3.63, 3.8) is 0 Å². The Kier molecular flexibility index (Phi) is 8.99. The monoisotopic (exact) mass is 558 g/mol. The van der Waals surface area contributed by atoms with Gasteiger partial charge in [-0.2, -0.15) is 0 Å². The molecule has 8 nitrogen and oxygen atoms in total. The minimum atomic E-state index is -1.06. The van der Waals surface area contributed by atoms with Gasteiger partial charge in [0.2, 0.25) is 5.91 Å². The van der Waals surface area contributed by atoms with Gasteiger partial charge >= 0.3 is 5.97 Å². The molecule has 3 aromatic rings. The van der Waals surface area contributed by atoms with Crippen LogP contribution in [0.2, 0.25) is 10.0 Å². The minimum absolute atomic E-state index is 0.134. The quantitative estimate of drug-likeness (QED) is 0.362. The molecule has 10 heteroatoms. The Morgan fingerprint density at radius 3 is 2.37 bits per heavy atom. The van der Waals surface area contributed by atoms with Crippen molar-refractivity contribution in [1.29, 1.82) is 0 Å². The van der Waals surface area contributed by atoms with Gasteiger partial charge in [0.25, 0.3) is 0 Å². The Bertz CT molecular complexity index is 1310. The maximum Gasteiger partial charge on any atom is 0.337 e. The zero-order valence-electron chi connectivity index (χ0n) is 21.1. The van der Waals surface area contributed by atoms with Crippen molar-refractivity contribution in [2.24, 2.45) is 0 Å². The van der Waals surface area contributed by atoms with Crippen LogP contribution in [-0.4, -0.2) is 50.4 Å². The molecule has 0 unspecified atom stereocenters. The highest BCUT2D eigenvalue weighted by atomic mass is 35.5. The SMILES string of the molecule is COc1cc(CN(C(C)=O)c2ccc(N3CCOCC3)c(C(=O)O)c2)ccc1OCc1c(Cl)cccc1Cl. The zero-order chi connectivity index (χ0) is 27.2. The van der Waals surface area contributed by atoms with Crippen LogP contribution in [-0.2, 0) is 22.7 Å². The third kappa shape index (κ3) is 6.32. The van der Waals surface area contributed by atoms with E-state index in [0.717, 1.165) is 5.56 Å². The normalized spacial score (nSPS) is 13.2. The van der Waals surface area contributed by atoms with Crippen molar-refractivity contribution < 1.29 is 28.9 Å². The van der Waals surface area contributed by atoms with Gasteiger partial charge in [-0.1, -0.05) is 35.3 Å². The number of amides is 1. The van der Waals surface area contributed by atoms with E-state index < -0.39 is 5.97 Å². The Hall–Kier alpha value is -3.46. The number of nitrogens with zero attached hydrogens (tertiary/aromatic N) is 2. The third-order valence-electron chi connectivity index (χ3n) is 6.26. The third-order valence-corrected chi connectivity index (χ3v) is 6.96. The second-order valence-corrected chi connectivity index (χ2v) is 9.50. The van der Waals surface area contributed by atoms with Crippen molar-refractivity contribution in [2.75, 3.05) is 43.2 Å². The molecule has 1 aliphatic rings. The van der Waals surface area contributed by atoms with Crippen LogP contribution >= 0.6 is 23.2 Å². The number of carbonyl (C=O) groups is 2. The van der Waals surface area contributed by atoms with E-state index in [1.165, 1.54) is 25.0 Å². The molecule has 0 saturated carbocycles. The molecule has 0 aliphatic carbocycles. The summed E-state index contributed by atoms with van der Waals surface area (Å²) in [4.78, 5) is 28.2. The van der Waals surface area contributed by atoms with Crippen LogP contribution in [0.3, 0.4) is 0 Å². The first-order valence-electron chi connectivity index (χ1n) is 12.0. The van der Waals surface area contributed by atoms with Crippen LogP contribution < -0.4 is 19.3 Å². The molecule has 0 bridgehead atoms. The van der Waals surface area contributed by atoms with Crippen LogP contribution in [0.4, 0.5) is 11.4 Å². The number of aromatic carboxylic acids is 1. The van der Waals surface area contributed by atoms with Gasteiger partial charge in [-0.05, 0) is 48.0 Å². The zero-order valence-corrected chi connectivity index (χ0v) is 22.6. The average Bonchev–Trinajstić information content (AvgIpc) is 2.91. The Morgan fingerprint density at radius 2 is 1.74 bits per heavy atom. The topological polar surface area (TPSA) is 88.5 Å². The number of anilines is 2. The van der Waals surface area contributed by atoms with Crippen molar-refractivity contribution in [1.82, 2.24) is 0 Å². The molecule has 1 saturated heterocycles. The lowest BCUT2D eigenvalue weighted by atomic mass is 10.1. The fraction of sp³-hybridized carbons (Fsp3) is 0.286. The average molecular weight is 559 g/mol. The maximum absolute atomic E-state index is 12.6. The van der Waals surface area contributed by atoms with Gasteiger partial charge in [-0.15, -0.1) is 0 Å². The summed E-state index contributed by atoms with van der Waals surface area (Å²) in [7, 11) is 1.53. The summed E-state index contributed by atoms with van der Waals surface area (Å²) in [6.07, 6.45) is 0. The molecule has 3 aromatic carbocycles. The molecule has 1 aliphatic heterocycles. The van der Waals surface area contributed by atoms with E-state index in [1.54, 1.807) is 42.5 Å². The second-order valence-electron chi connectivity index (χ2n) is 8.69. The fourth-order valence-electron chi connectivity index (χ4n) is 4.26. The molecular weight excluding hydrogens is 531 g/mol. The number of ether oxygens (including phenoxy) is 3. The molecule has 200 valence electrons. The predicted molar refractivity (Wildman–Crippen MR) is 147 cm³/mol. The first-order chi connectivity index (χ1) is 18.3. The number of morpholine rings is 1. The van der Waals surface area contributed by atoms with Crippen molar-refractivity contribution in [2.45, 2.75) is 20.1 Å². The molecule has 0 aromatic heterocycles. The van der Waals surface area contributed by atoms with Crippen LogP contribution in [0.15, 0.2) is 54.6 Å². The highest BCUT2D eigenvalue weighted by Crippen LogP contribution is 2.33. The van der Waals surface area contributed by atoms with Gasteiger partial charge in [0, 0.05) is 41.3 Å². The number of benzene rings is 3. The molecule has 0 atom stereocenters. The first-order valence-corrected chi connectivity index (χ1v) is 12.7. The van der Waals surface area contributed by atoms with Crippen LogP contribution in [0.25, 0.3) is 0 Å². The van der Waals surface area contributed by atoms with E-state index in [4.69, 9.17) is 37.4 Å². The highest BCUT2D eigenvalue weighted by Gasteiger charge is 2.22. The number of hydrogen-bond acceptors (Lipinski definition) is 6. The van der Waals surface area contributed by atoms with Gasteiger partial charge < -0.3 is 29.1 Å². The van der Waals surface area contributed by atoms with E-state index in [9.17, 15) is 14.7 Å². The number of carboxylic acid groups (broad SMARTS) is 1. The summed E-state index contributed by atoms with van der Waals surface area (Å²) < 4.78 is 16.8. The summed E-state index contributed by atoms with van der Waals surface area (Å²) >= 11 is 12.5. The fourth-order valence-corrected chi connectivity index (χ4v) is 4.77. The van der Waals surface area contributed by atoms with Gasteiger partial charge in [-0.25, -0.2) is 4.79 Å². The molecule has 38 heavy (non-hydrogen) atoms. The lowest BCUT2D eigenvalue weighted by Crippen LogP contribution is -2.37. The summed E-state index contributed by atoms with van der Waals surface area (Å²) in [5.41, 5.74) is 2.67. The smallest absolute Gasteiger partial charge is 0.337 e. The van der Waals surface area contributed by atoms with Gasteiger partial charge in [-0.3, -0.25) is 4.79 Å². The molecule has 1 amide bonds. The van der Waals surface area contributed by atoms with E-state index >= 15 is 0 Å².